The molecule has 0 unspecified atom stereocenters. The molecule has 2 aromatic rings. The zero-order valence-corrected chi connectivity index (χ0v) is 15.3. The molecule has 1 atom stereocenters. The lowest BCUT2D eigenvalue weighted by atomic mass is 9.98. The van der Waals surface area contributed by atoms with Gasteiger partial charge in [0, 0.05) is 17.8 Å². The second-order valence-electron chi connectivity index (χ2n) is 6.25. The van der Waals surface area contributed by atoms with Crippen LogP contribution in [0.5, 0.6) is 0 Å². The molecule has 0 spiro atoms. The number of carbonyl (C=O) groups is 2. The van der Waals surface area contributed by atoms with Gasteiger partial charge in [-0.3, -0.25) is 19.8 Å². The van der Waals surface area contributed by atoms with Gasteiger partial charge in [0.05, 0.1) is 17.6 Å². The number of rotatable bonds is 5. The molecule has 0 aromatic heterocycles. The van der Waals surface area contributed by atoms with E-state index in [4.69, 9.17) is 4.74 Å². The SMILES string of the molecule is CCOC(=O)C1=C(O)C(=O)N(c2ccc(C)cc2)[C@H]1c1cccc([N+](=O)[O-])c1. The van der Waals surface area contributed by atoms with Gasteiger partial charge in [-0.15, -0.1) is 0 Å². The van der Waals surface area contributed by atoms with E-state index >= 15 is 0 Å². The Morgan fingerprint density at radius 2 is 1.93 bits per heavy atom. The summed E-state index contributed by atoms with van der Waals surface area (Å²) in [6.07, 6.45) is 0. The zero-order valence-electron chi connectivity index (χ0n) is 15.3. The molecular weight excluding hydrogens is 364 g/mol. The van der Waals surface area contributed by atoms with Crippen LogP contribution in [-0.2, 0) is 14.3 Å². The first kappa shape index (κ1) is 19.1. The van der Waals surface area contributed by atoms with E-state index in [1.54, 1.807) is 37.3 Å². The van der Waals surface area contributed by atoms with Crippen LogP contribution in [0.3, 0.4) is 0 Å². The molecule has 1 aliphatic rings. The van der Waals surface area contributed by atoms with Crippen LogP contribution in [0, 0.1) is 17.0 Å². The monoisotopic (exact) mass is 382 g/mol. The molecule has 2 aromatic carbocycles. The number of aliphatic hydroxyl groups is 1. The quantitative estimate of drug-likeness (QED) is 0.482. The summed E-state index contributed by atoms with van der Waals surface area (Å²) < 4.78 is 5.01. The highest BCUT2D eigenvalue weighted by atomic mass is 16.6. The summed E-state index contributed by atoms with van der Waals surface area (Å²) in [5, 5.41) is 21.6. The molecule has 1 amide bonds. The Morgan fingerprint density at radius 3 is 2.54 bits per heavy atom. The minimum atomic E-state index is -1.05. The van der Waals surface area contributed by atoms with Crippen molar-refractivity contribution in [3.8, 4) is 0 Å². The molecule has 0 saturated heterocycles. The molecule has 0 saturated carbocycles. The van der Waals surface area contributed by atoms with Gasteiger partial charge in [-0.1, -0.05) is 29.8 Å². The molecule has 1 N–H and O–H groups in total. The van der Waals surface area contributed by atoms with Gasteiger partial charge in [-0.05, 0) is 31.5 Å². The van der Waals surface area contributed by atoms with E-state index in [1.807, 2.05) is 6.92 Å². The average molecular weight is 382 g/mol. The summed E-state index contributed by atoms with van der Waals surface area (Å²) in [6.45, 7) is 3.54. The molecule has 0 aliphatic carbocycles. The summed E-state index contributed by atoms with van der Waals surface area (Å²) in [6, 6.07) is 11.5. The fourth-order valence-electron chi connectivity index (χ4n) is 3.12. The Bertz CT molecular complexity index is 980. The maximum atomic E-state index is 12.8. The summed E-state index contributed by atoms with van der Waals surface area (Å²) in [7, 11) is 0. The second kappa shape index (κ2) is 7.51. The molecule has 0 radical (unpaired) electrons. The normalized spacial score (nSPS) is 16.4. The number of aryl methyl sites for hydroxylation is 1. The summed E-state index contributed by atoms with van der Waals surface area (Å²) in [5.41, 5.74) is 1.29. The maximum absolute atomic E-state index is 12.8. The third-order valence-electron chi connectivity index (χ3n) is 4.41. The molecule has 144 valence electrons. The van der Waals surface area contributed by atoms with E-state index in [9.17, 15) is 24.8 Å². The van der Waals surface area contributed by atoms with E-state index < -0.39 is 28.6 Å². The van der Waals surface area contributed by atoms with Crippen molar-refractivity contribution in [1.82, 2.24) is 0 Å². The molecular formula is C20H18N2O6. The predicted octanol–water partition coefficient (Wildman–Crippen LogP) is 3.37. The van der Waals surface area contributed by atoms with Crippen LogP contribution in [0.15, 0.2) is 59.9 Å². The van der Waals surface area contributed by atoms with Crippen molar-refractivity contribution in [3.05, 3.63) is 81.1 Å². The average Bonchev–Trinajstić information content (AvgIpc) is 2.94. The Hall–Kier alpha value is -3.68. The van der Waals surface area contributed by atoms with Crippen LogP contribution < -0.4 is 4.90 Å². The van der Waals surface area contributed by atoms with Gasteiger partial charge in [-0.2, -0.15) is 0 Å². The van der Waals surface area contributed by atoms with Crippen LogP contribution in [0.4, 0.5) is 11.4 Å². The number of aliphatic hydroxyl groups excluding tert-OH is 1. The van der Waals surface area contributed by atoms with Gasteiger partial charge in [0.2, 0.25) is 0 Å². The number of nitrogens with zero attached hydrogens (tertiary/aromatic N) is 2. The van der Waals surface area contributed by atoms with Crippen molar-refractivity contribution in [2.45, 2.75) is 19.9 Å². The number of hydrogen-bond donors (Lipinski definition) is 1. The minimum absolute atomic E-state index is 0.0516. The van der Waals surface area contributed by atoms with Crippen LogP contribution in [0.1, 0.15) is 24.1 Å². The Balaban J connectivity index is 2.18. The van der Waals surface area contributed by atoms with E-state index in [1.165, 1.54) is 23.1 Å². The predicted molar refractivity (Wildman–Crippen MR) is 101 cm³/mol. The number of carbonyl (C=O) groups excluding carboxylic acids is 2. The number of hydrogen-bond acceptors (Lipinski definition) is 6. The number of benzene rings is 2. The van der Waals surface area contributed by atoms with E-state index in [2.05, 4.69) is 0 Å². The molecule has 1 heterocycles. The number of amides is 1. The van der Waals surface area contributed by atoms with Gasteiger partial charge in [0.1, 0.15) is 5.57 Å². The van der Waals surface area contributed by atoms with Crippen LogP contribution in [0.25, 0.3) is 0 Å². The zero-order chi connectivity index (χ0) is 20.4. The molecule has 0 fully saturated rings. The minimum Gasteiger partial charge on any atom is -0.503 e. The number of nitro groups is 1. The van der Waals surface area contributed by atoms with Gasteiger partial charge in [0.15, 0.2) is 5.76 Å². The van der Waals surface area contributed by atoms with Crippen molar-refractivity contribution in [2.75, 3.05) is 11.5 Å². The largest absolute Gasteiger partial charge is 0.503 e. The van der Waals surface area contributed by atoms with Crippen LogP contribution in [0.2, 0.25) is 0 Å². The first-order valence-corrected chi connectivity index (χ1v) is 8.60. The van der Waals surface area contributed by atoms with E-state index in [-0.39, 0.29) is 17.9 Å². The number of nitro benzene ring substituents is 1. The lowest BCUT2D eigenvalue weighted by molar-refractivity contribution is -0.384. The topological polar surface area (TPSA) is 110 Å². The van der Waals surface area contributed by atoms with Crippen LogP contribution >= 0.6 is 0 Å². The van der Waals surface area contributed by atoms with E-state index in [0.29, 0.717) is 11.3 Å². The smallest absolute Gasteiger partial charge is 0.340 e. The molecule has 0 bridgehead atoms. The Kier molecular flexibility index (Phi) is 5.12. The first-order valence-electron chi connectivity index (χ1n) is 8.60. The number of non-ortho nitro benzene ring substituents is 1. The Morgan fingerprint density at radius 1 is 1.25 bits per heavy atom. The highest BCUT2D eigenvalue weighted by Gasteiger charge is 2.45. The van der Waals surface area contributed by atoms with Crippen molar-refractivity contribution in [2.24, 2.45) is 0 Å². The molecule has 8 nitrogen and oxygen atoms in total. The highest BCUT2D eigenvalue weighted by Crippen LogP contribution is 2.41. The lowest BCUT2D eigenvalue weighted by Gasteiger charge is -2.26. The Labute approximate surface area is 160 Å². The lowest BCUT2D eigenvalue weighted by Crippen LogP contribution is -2.31. The summed E-state index contributed by atoms with van der Waals surface area (Å²) >= 11 is 0. The number of esters is 1. The number of ether oxygens (including phenoxy) is 1. The van der Waals surface area contributed by atoms with Gasteiger partial charge in [-0.25, -0.2) is 4.79 Å². The third kappa shape index (κ3) is 3.32. The van der Waals surface area contributed by atoms with Gasteiger partial charge >= 0.3 is 5.97 Å². The fraction of sp³-hybridized carbons (Fsp3) is 0.200. The van der Waals surface area contributed by atoms with Gasteiger partial charge < -0.3 is 9.84 Å². The summed E-state index contributed by atoms with van der Waals surface area (Å²) in [4.78, 5) is 37.1. The third-order valence-corrected chi connectivity index (χ3v) is 4.41. The van der Waals surface area contributed by atoms with Crippen molar-refractivity contribution in [1.29, 1.82) is 0 Å². The first-order chi connectivity index (χ1) is 13.3. The van der Waals surface area contributed by atoms with Crippen molar-refractivity contribution in [3.63, 3.8) is 0 Å². The van der Waals surface area contributed by atoms with Crippen LogP contribution in [-0.4, -0.2) is 28.5 Å². The van der Waals surface area contributed by atoms with Crippen molar-refractivity contribution < 1.29 is 24.4 Å². The molecule has 8 heteroatoms. The maximum Gasteiger partial charge on any atom is 0.340 e. The van der Waals surface area contributed by atoms with E-state index in [0.717, 1.165) is 5.56 Å². The van der Waals surface area contributed by atoms with Gasteiger partial charge in [0.25, 0.3) is 11.6 Å². The molecule has 28 heavy (non-hydrogen) atoms. The standard InChI is InChI=1S/C20H18N2O6/c1-3-28-20(25)16-17(13-5-4-6-15(11-13)22(26)27)21(19(24)18(16)23)14-9-7-12(2)8-10-14/h4-11,17,23H,3H2,1-2H3/t17-/m0/s1. The molecule has 3 rings (SSSR count). The molecule has 1 aliphatic heterocycles. The summed E-state index contributed by atoms with van der Waals surface area (Å²) in [5.74, 6) is -2.35. The second-order valence-corrected chi connectivity index (χ2v) is 6.25. The van der Waals surface area contributed by atoms with Crippen molar-refractivity contribution >= 4 is 23.3 Å². The highest BCUT2D eigenvalue weighted by molar-refractivity contribution is 6.15. The number of anilines is 1. The fourth-order valence-corrected chi connectivity index (χ4v) is 3.12.